The smallest absolute Gasteiger partial charge is 0.224 e. The van der Waals surface area contributed by atoms with Crippen molar-refractivity contribution in [3.05, 3.63) is 36.7 Å². The van der Waals surface area contributed by atoms with Crippen LogP contribution in [0.5, 0.6) is 0 Å². The summed E-state index contributed by atoms with van der Waals surface area (Å²) in [6, 6.07) is 7.87. The predicted molar refractivity (Wildman–Crippen MR) is 86.5 cm³/mol. The molecule has 2 aromatic rings. The number of carbonyl (C=O) groups excluding carboxylic acids is 1. The van der Waals surface area contributed by atoms with Crippen molar-refractivity contribution in [1.29, 1.82) is 0 Å². The van der Waals surface area contributed by atoms with Gasteiger partial charge in [0.1, 0.15) is 0 Å². The first kappa shape index (κ1) is 15.6. The minimum Gasteiger partial charge on any atom is -0.329 e. The Morgan fingerprint density at radius 2 is 2.05 bits per heavy atom. The maximum Gasteiger partial charge on any atom is 0.224 e. The first-order valence-electron chi connectivity index (χ1n) is 7.24. The van der Waals surface area contributed by atoms with E-state index < -0.39 is 0 Å². The average Bonchev–Trinajstić information content (AvgIpc) is 2.87. The lowest BCUT2D eigenvalue weighted by atomic mass is 10.2. The normalized spacial score (nSPS) is 10.6. The number of hydrogen-bond acceptors (Lipinski definition) is 3. The van der Waals surface area contributed by atoms with E-state index in [1.807, 2.05) is 42.1 Å². The zero-order valence-electron chi connectivity index (χ0n) is 12.5. The van der Waals surface area contributed by atoms with Gasteiger partial charge in [-0.15, -0.1) is 0 Å². The molecule has 0 bridgehead atoms. The van der Waals surface area contributed by atoms with Crippen LogP contribution in [-0.4, -0.2) is 15.5 Å². The van der Waals surface area contributed by atoms with E-state index in [0.717, 1.165) is 35.0 Å². The Bertz CT molecular complexity index is 577. The Balaban J connectivity index is 1.87. The fraction of sp³-hybridized carbons (Fsp3) is 0.375. The van der Waals surface area contributed by atoms with Crippen LogP contribution in [0.3, 0.4) is 0 Å². The molecule has 112 valence electrons. The highest BCUT2D eigenvalue weighted by atomic mass is 32.2. The van der Waals surface area contributed by atoms with E-state index in [4.69, 9.17) is 0 Å². The first-order valence-corrected chi connectivity index (χ1v) is 8.06. The quantitative estimate of drug-likeness (QED) is 0.784. The van der Waals surface area contributed by atoms with Gasteiger partial charge in [0.25, 0.3) is 0 Å². The van der Waals surface area contributed by atoms with Crippen LogP contribution in [0.15, 0.2) is 46.7 Å². The summed E-state index contributed by atoms with van der Waals surface area (Å²) in [5.74, 6) is 0.0907. The fourth-order valence-corrected chi connectivity index (χ4v) is 2.72. The molecule has 1 aromatic carbocycles. The van der Waals surface area contributed by atoms with E-state index in [1.54, 1.807) is 18.0 Å². The van der Waals surface area contributed by atoms with Crippen LogP contribution in [0.2, 0.25) is 0 Å². The second kappa shape index (κ2) is 7.88. The Hall–Kier alpha value is -1.75. The molecule has 2 rings (SSSR count). The van der Waals surface area contributed by atoms with Crippen molar-refractivity contribution in [3.63, 3.8) is 0 Å². The van der Waals surface area contributed by atoms with Crippen LogP contribution in [0.25, 0.3) is 0 Å². The lowest BCUT2D eigenvalue weighted by Crippen LogP contribution is -2.10. The van der Waals surface area contributed by atoms with Crippen molar-refractivity contribution in [3.8, 4) is 0 Å². The van der Waals surface area contributed by atoms with Crippen LogP contribution in [-0.2, 0) is 11.8 Å². The summed E-state index contributed by atoms with van der Waals surface area (Å²) >= 11 is 1.60. The van der Waals surface area contributed by atoms with Crippen molar-refractivity contribution in [2.75, 3.05) is 5.32 Å². The minimum absolute atomic E-state index is 0.0907. The van der Waals surface area contributed by atoms with E-state index >= 15 is 0 Å². The largest absolute Gasteiger partial charge is 0.329 e. The summed E-state index contributed by atoms with van der Waals surface area (Å²) in [5, 5.41) is 3.88. The summed E-state index contributed by atoms with van der Waals surface area (Å²) in [6.07, 6.45) is 7.49. The highest BCUT2D eigenvalue weighted by Crippen LogP contribution is 2.26. The third-order valence-corrected chi connectivity index (χ3v) is 4.22. The van der Waals surface area contributed by atoms with Gasteiger partial charge >= 0.3 is 0 Å². The van der Waals surface area contributed by atoms with Gasteiger partial charge in [-0.1, -0.05) is 31.5 Å². The molecular formula is C16H21N3OS. The molecule has 0 fully saturated rings. The van der Waals surface area contributed by atoms with Crippen LogP contribution < -0.4 is 5.32 Å². The molecule has 5 heteroatoms. The van der Waals surface area contributed by atoms with Crippen molar-refractivity contribution >= 4 is 23.4 Å². The molecule has 0 atom stereocenters. The molecule has 0 radical (unpaired) electrons. The number of carbonyl (C=O) groups is 1. The zero-order valence-corrected chi connectivity index (χ0v) is 13.3. The molecule has 0 saturated carbocycles. The molecule has 21 heavy (non-hydrogen) atoms. The summed E-state index contributed by atoms with van der Waals surface area (Å²) < 4.78 is 1.98. The van der Waals surface area contributed by atoms with Gasteiger partial charge in [-0.2, -0.15) is 0 Å². The van der Waals surface area contributed by atoms with Gasteiger partial charge in [0.15, 0.2) is 5.16 Å². The molecule has 1 amide bonds. The molecule has 0 spiro atoms. The Labute approximate surface area is 130 Å². The van der Waals surface area contributed by atoms with Crippen LogP contribution >= 0.6 is 11.8 Å². The van der Waals surface area contributed by atoms with Gasteiger partial charge < -0.3 is 9.88 Å². The molecule has 4 nitrogen and oxygen atoms in total. The van der Waals surface area contributed by atoms with Crippen LogP contribution in [0.4, 0.5) is 5.69 Å². The first-order chi connectivity index (χ1) is 10.2. The average molecular weight is 303 g/mol. The maximum absolute atomic E-state index is 11.7. The third kappa shape index (κ3) is 4.93. The standard InChI is InChI=1S/C16H21N3OS/c1-3-4-5-6-15(20)18-13-7-9-14(10-8-13)21-16-17-11-12-19(16)2/h7-12H,3-6H2,1-2H3,(H,18,20). The lowest BCUT2D eigenvalue weighted by Gasteiger charge is -2.06. The third-order valence-electron chi connectivity index (χ3n) is 3.13. The molecule has 0 saturated heterocycles. The number of aromatic nitrogens is 2. The van der Waals surface area contributed by atoms with Gasteiger partial charge in [-0.25, -0.2) is 4.98 Å². The van der Waals surface area contributed by atoms with Gasteiger partial charge in [0.05, 0.1) is 0 Å². The summed E-state index contributed by atoms with van der Waals surface area (Å²) in [5.41, 5.74) is 0.848. The summed E-state index contributed by atoms with van der Waals surface area (Å²) in [7, 11) is 1.97. The van der Waals surface area contributed by atoms with Crippen molar-refractivity contribution in [1.82, 2.24) is 9.55 Å². The monoisotopic (exact) mass is 303 g/mol. The van der Waals surface area contributed by atoms with Crippen molar-refractivity contribution in [2.24, 2.45) is 7.05 Å². The predicted octanol–water partition coefficient (Wildman–Crippen LogP) is 4.09. The van der Waals surface area contributed by atoms with Gasteiger partial charge in [-0.05, 0) is 30.7 Å². The number of nitrogens with zero attached hydrogens (tertiary/aromatic N) is 2. The van der Waals surface area contributed by atoms with Gasteiger partial charge in [0, 0.05) is 36.4 Å². The summed E-state index contributed by atoms with van der Waals surface area (Å²) in [6.45, 7) is 2.13. The highest BCUT2D eigenvalue weighted by molar-refractivity contribution is 7.99. The van der Waals surface area contributed by atoms with E-state index in [2.05, 4.69) is 17.2 Å². The van der Waals surface area contributed by atoms with Crippen LogP contribution in [0, 0.1) is 0 Å². The Morgan fingerprint density at radius 3 is 2.67 bits per heavy atom. The SMILES string of the molecule is CCCCCC(=O)Nc1ccc(Sc2nccn2C)cc1. The number of rotatable bonds is 7. The number of anilines is 1. The number of hydrogen-bond donors (Lipinski definition) is 1. The highest BCUT2D eigenvalue weighted by Gasteiger charge is 2.04. The number of amides is 1. The molecule has 1 N–H and O–H groups in total. The van der Waals surface area contributed by atoms with E-state index in [9.17, 15) is 4.79 Å². The second-order valence-corrected chi connectivity index (χ2v) is 5.99. The molecule has 0 aliphatic rings. The molecule has 0 aliphatic heterocycles. The second-order valence-electron chi connectivity index (χ2n) is 4.95. The topological polar surface area (TPSA) is 46.9 Å². The van der Waals surface area contributed by atoms with Crippen molar-refractivity contribution < 1.29 is 4.79 Å². The number of nitrogens with one attached hydrogen (secondary N) is 1. The van der Waals surface area contributed by atoms with E-state index in [-0.39, 0.29) is 5.91 Å². The van der Waals surface area contributed by atoms with Gasteiger partial charge in [0.2, 0.25) is 5.91 Å². The molecule has 1 heterocycles. The lowest BCUT2D eigenvalue weighted by molar-refractivity contribution is -0.116. The number of aryl methyl sites for hydroxylation is 1. The maximum atomic E-state index is 11.7. The molecular weight excluding hydrogens is 282 g/mol. The van der Waals surface area contributed by atoms with E-state index in [1.165, 1.54) is 0 Å². The summed E-state index contributed by atoms with van der Waals surface area (Å²) in [4.78, 5) is 17.1. The van der Waals surface area contributed by atoms with E-state index in [0.29, 0.717) is 6.42 Å². The number of unbranched alkanes of at least 4 members (excludes halogenated alkanes) is 2. The number of benzene rings is 1. The fourth-order valence-electron chi connectivity index (χ4n) is 1.92. The molecule has 1 aromatic heterocycles. The van der Waals surface area contributed by atoms with Gasteiger partial charge in [-0.3, -0.25) is 4.79 Å². The Morgan fingerprint density at radius 1 is 1.29 bits per heavy atom. The van der Waals surface area contributed by atoms with Crippen LogP contribution in [0.1, 0.15) is 32.6 Å². The molecule has 0 unspecified atom stereocenters. The zero-order chi connectivity index (χ0) is 15.1. The van der Waals surface area contributed by atoms with Crippen molar-refractivity contribution in [2.45, 2.75) is 42.7 Å². The Kier molecular flexibility index (Phi) is 5.87. The molecule has 0 aliphatic carbocycles. The minimum atomic E-state index is 0.0907. The number of imidazole rings is 1.